The summed E-state index contributed by atoms with van der Waals surface area (Å²) < 4.78 is 5.54. The molecular formula is C26H29NO. The van der Waals surface area contributed by atoms with Gasteiger partial charge in [-0.25, -0.2) is 0 Å². The fraction of sp³-hybridized carbons (Fsp3) is 0.385. The maximum atomic E-state index is 5.54. The van der Waals surface area contributed by atoms with Crippen molar-refractivity contribution in [2.45, 2.75) is 31.6 Å². The summed E-state index contributed by atoms with van der Waals surface area (Å²) in [6.45, 7) is 5.73. The molecule has 0 spiro atoms. The Morgan fingerprint density at radius 3 is 2.75 bits per heavy atom. The number of allylic oxidation sites excluding steroid dienone is 2. The Morgan fingerprint density at radius 1 is 1.11 bits per heavy atom. The van der Waals surface area contributed by atoms with Gasteiger partial charge in [0.2, 0.25) is 0 Å². The number of nitrogens with zero attached hydrogens (tertiary/aromatic N) is 1. The van der Waals surface area contributed by atoms with Crippen molar-refractivity contribution in [3.8, 4) is 17.6 Å². The maximum absolute atomic E-state index is 5.54. The van der Waals surface area contributed by atoms with Crippen LogP contribution >= 0.6 is 0 Å². The minimum absolute atomic E-state index is 0.162. The van der Waals surface area contributed by atoms with E-state index in [4.69, 9.17) is 4.74 Å². The van der Waals surface area contributed by atoms with Crippen LogP contribution in [-0.4, -0.2) is 31.6 Å². The van der Waals surface area contributed by atoms with Crippen LogP contribution in [0.3, 0.4) is 0 Å². The van der Waals surface area contributed by atoms with Gasteiger partial charge in [0.15, 0.2) is 0 Å². The van der Waals surface area contributed by atoms with Crippen molar-refractivity contribution in [2.24, 2.45) is 5.92 Å². The predicted molar refractivity (Wildman–Crippen MR) is 116 cm³/mol. The van der Waals surface area contributed by atoms with E-state index >= 15 is 0 Å². The second kappa shape index (κ2) is 8.25. The van der Waals surface area contributed by atoms with E-state index in [2.05, 4.69) is 60.1 Å². The highest BCUT2D eigenvalue weighted by atomic mass is 16.5. The number of likely N-dealkylation sites (tertiary alicyclic amines) is 1. The number of piperidine rings is 1. The van der Waals surface area contributed by atoms with Crippen molar-refractivity contribution in [3.05, 3.63) is 77.4 Å². The molecule has 2 atom stereocenters. The third-order valence-electron chi connectivity index (χ3n) is 6.52. The lowest BCUT2D eigenvalue weighted by molar-refractivity contribution is 0.0895. The van der Waals surface area contributed by atoms with Crippen LogP contribution in [0, 0.1) is 17.8 Å². The lowest BCUT2D eigenvalue weighted by Gasteiger charge is -2.50. The third-order valence-corrected chi connectivity index (χ3v) is 6.52. The van der Waals surface area contributed by atoms with Crippen molar-refractivity contribution in [1.82, 2.24) is 4.90 Å². The van der Waals surface area contributed by atoms with Crippen molar-refractivity contribution in [3.63, 3.8) is 0 Å². The Labute approximate surface area is 169 Å². The van der Waals surface area contributed by atoms with Crippen molar-refractivity contribution in [2.75, 3.05) is 26.7 Å². The van der Waals surface area contributed by atoms with Crippen molar-refractivity contribution >= 4 is 0 Å². The SMILES string of the molecule is CCN1CC[C@]2(c3cccc(OC)c3)CC(C#Cc3ccccc3)=CC[C@H]2C1. The molecule has 144 valence electrons. The van der Waals surface area contributed by atoms with Crippen molar-refractivity contribution in [1.29, 1.82) is 0 Å². The summed E-state index contributed by atoms with van der Waals surface area (Å²) in [7, 11) is 1.76. The van der Waals surface area contributed by atoms with Gasteiger partial charge in [-0.3, -0.25) is 0 Å². The molecule has 1 heterocycles. The van der Waals surface area contributed by atoms with Crippen LogP contribution in [0.5, 0.6) is 5.75 Å². The molecule has 2 aromatic rings. The topological polar surface area (TPSA) is 12.5 Å². The first-order valence-electron chi connectivity index (χ1n) is 10.4. The van der Waals surface area contributed by atoms with E-state index < -0.39 is 0 Å². The number of rotatable bonds is 3. The van der Waals surface area contributed by atoms with Gasteiger partial charge >= 0.3 is 0 Å². The lowest BCUT2D eigenvalue weighted by atomic mass is 9.59. The van der Waals surface area contributed by atoms with Crippen LogP contribution in [0.25, 0.3) is 0 Å². The monoisotopic (exact) mass is 371 g/mol. The molecular weight excluding hydrogens is 342 g/mol. The van der Waals surface area contributed by atoms with Crippen LogP contribution in [-0.2, 0) is 5.41 Å². The standard InChI is InChI=1S/C26H29NO/c1-3-27-17-16-26(23-10-7-11-25(18-23)28-2)19-22(14-15-24(26)20-27)13-12-21-8-5-4-6-9-21/h4-11,14,18,24H,3,15-17,19-20H2,1-2H3/t24-,26+/m0/s1. The van der Waals surface area contributed by atoms with Gasteiger partial charge in [0.25, 0.3) is 0 Å². The summed E-state index contributed by atoms with van der Waals surface area (Å²) in [5.41, 5.74) is 3.95. The first-order chi connectivity index (χ1) is 13.7. The minimum atomic E-state index is 0.162. The molecule has 0 saturated carbocycles. The maximum Gasteiger partial charge on any atom is 0.119 e. The first kappa shape index (κ1) is 18.8. The number of methoxy groups -OCH3 is 1. The molecule has 1 aliphatic heterocycles. The smallest absolute Gasteiger partial charge is 0.119 e. The van der Waals surface area contributed by atoms with Crippen LogP contribution in [0.4, 0.5) is 0 Å². The molecule has 2 aliphatic rings. The molecule has 0 radical (unpaired) electrons. The van der Waals surface area contributed by atoms with E-state index in [1.54, 1.807) is 7.11 Å². The molecule has 1 saturated heterocycles. The molecule has 0 unspecified atom stereocenters. The zero-order chi connectivity index (χ0) is 19.4. The first-order valence-corrected chi connectivity index (χ1v) is 10.4. The van der Waals surface area contributed by atoms with Crippen LogP contribution < -0.4 is 4.74 Å². The molecule has 2 nitrogen and oxygen atoms in total. The van der Waals surface area contributed by atoms with Gasteiger partial charge in [-0.2, -0.15) is 0 Å². The quantitative estimate of drug-likeness (QED) is 0.700. The normalized spacial score (nSPS) is 24.5. The molecule has 0 bridgehead atoms. The highest BCUT2D eigenvalue weighted by molar-refractivity contribution is 5.45. The average molecular weight is 372 g/mol. The summed E-state index contributed by atoms with van der Waals surface area (Å²) in [6, 6.07) is 19.0. The molecule has 4 rings (SSSR count). The second-order valence-corrected chi connectivity index (χ2v) is 7.99. The number of hydrogen-bond acceptors (Lipinski definition) is 2. The molecule has 2 heteroatoms. The lowest BCUT2D eigenvalue weighted by Crippen LogP contribution is -2.51. The van der Waals surface area contributed by atoms with Crippen LogP contribution in [0.2, 0.25) is 0 Å². The molecule has 0 aromatic heterocycles. The summed E-state index contributed by atoms with van der Waals surface area (Å²) in [6.07, 6.45) is 5.70. The second-order valence-electron chi connectivity index (χ2n) is 7.99. The minimum Gasteiger partial charge on any atom is -0.497 e. The summed E-state index contributed by atoms with van der Waals surface area (Å²) in [5.74, 6) is 8.44. The van der Waals surface area contributed by atoms with Gasteiger partial charge in [-0.15, -0.1) is 0 Å². The Hall–Kier alpha value is -2.50. The van der Waals surface area contributed by atoms with Gasteiger partial charge in [0.1, 0.15) is 5.75 Å². The molecule has 2 aromatic carbocycles. The van der Waals surface area contributed by atoms with Gasteiger partial charge in [-0.1, -0.05) is 55.2 Å². The van der Waals surface area contributed by atoms with E-state index in [0.717, 1.165) is 37.2 Å². The van der Waals surface area contributed by atoms with Gasteiger partial charge < -0.3 is 9.64 Å². The summed E-state index contributed by atoms with van der Waals surface area (Å²) in [5, 5.41) is 0. The predicted octanol–water partition coefficient (Wildman–Crippen LogP) is 5.05. The van der Waals surface area contributed by atoms with Gasteiger partial charge in [0.05, 0.1) is 7.11 Å². The number of fused-ring (bicyclic) bond motifs is 1. The highest BCUT2D eigenvalue weighted by Gasteiger charge is 2.45. The Kier molecular flexibility index (Phi) is 5.55. The van der Waals surface area contributed by atoms with Crippen LogP contribution in [0.1, 0.15) is 37.3 Å². The average Bonchev–Trinajstić information content (AvgIpc) is 2.77. The fourth-order valence-corrected chi connectivity index (χ4v) is 4.84. The Morgan fingerprint density at radius 2 is 1.96 bits per heavy atom. The van der Waals surface area contributed by atoms with E-state index in [1.807, 2.05) is 24.3 Å². The molecule has 1 aliphatic carbocycles. The highest BCUT2D eigenvalue weighted by Crippen LogP contribution is 2.49. The number of hydrogen-bond donors (Lipinski definition) is 0. The zero-order valence-corrected chi connectivity index (χ0v) is 16.9. The zero-order valence-electron chi connectivity index (χ0n) is 16.9. The Bertz CT molecular complexity index is 905. The Balaban J connectivity index is 1.68. The van der Waals surface area contributed by atoms with E-state index in [1.165, 1.54) is 24.1 Å². The van der Waals surface area contributed by atoms with Gasteiger partial charge in [-0.05, 0) is 73.7 Å². The van der Waals surface area contributed by atoms with Crippen LogP contribution in [0.15, 0.2) is 66.2 Å². The molecule has 28 heavy (non-hydrogen) atoms. The van der Waals surface area contributed by atoms with E-state index in [0.29, 0.717) is 5.92 Å². The van der Waals surface area contributed by atoms with Gasteiger partial charge in [0, 0.05) is 17.5 Å². The summed E-state index contributed by atoms with van der Waals surface area (Å²) in [4.78, 5) is 2.59. The number of ether oxygens (including phenoxy) is 1. The van der Waals surface area contributed by atoms with Crippen molar-refractivity contribution < 1.29 is 4.74 Å². The number of benzene rings is 2. The summed E-state index contributed by atoms with van der Waals surface area (Å²) >= 11 is 0. The van der Waals surface area contributed by atoms with E-state index in [9.17, 15) is 0 Å². The molecule has 0 amide bonds. The fourth-order valence-electron chi connectivity index (χ4n) is 4.84. The molecule has 1 fully saturated rings. The largest absolute Gasteiger partial charge is 0.497 e. The molecule has 0 N–H and O–H groups in total. The third kappa shape index (κ3) is 3.73. The van der Waals surface area contributed by atoms with E-state index in [-0.39, 0.29) is 5.41 Å².